The molecule has 4 aliphatic rings. The number of ketones is 2. The molecule has 8 heteroatoms. The van der Waals surface area contributed by atoms with Crippen LogP contribution >= 0.6 is 0 Å². The van der Waals surface area contributed by atoms with Crippen LogP contribution in [0.15, 0.2) is 11.6 Å². The molecule has 0 aromatic heterocycles. The summed E-state index contributed by atoms with van der Waals surface area (Å²) in [6, 6.07) is 0. The molecule has 4 aliphatic carbocycles. The van der Waals surface area contributed by atoms with Crippen molar-refractivity contribution < 1.29 is 63.7 Å². The fourth-order valence-electron chi connectivity index (χ4n) is 7.58. The van der Waals surface area contributed by atoms with Gasteiger partial charge in [0.25, 0.3) is 0 Å². The van der Waals surface area contributed by atoms with Gasteiger partial charge in [0.1, 0.15) is 5.60 Å². The second-order valence-electron chi connectivity index (χ2n) is 10.8. The van der Waals surface area contributed by atoms with Crippen molar-refractivity contribution in [1.82, 2.24) is 0 Å². The van der Waals surface area contributed by atoms with Crippen LogP contribution in [0.4, 0.5) is 0 Å². The number of Topliss-reactive ketones (excluding diaryl/α,β-unsaturated/α-hetero) is 1. The Bertz CT molecular complexity index is 882. The van der Waals surface area contributed by atoms with E-state index in [1.807, 2.05) is 13.0 Å². The number of rotatable bonds is 6. The third-order valence-electron chi connectivity index (χ3n) is 9.47. The number of aliphatic hydroxyl groups is 1. The first-order valence-electron chi connectivity index (χ1n) is 11.9. The molecule has 0 aromatic carbocycles. The Hall–Kier alpha value is -1.02. The van der Waals surface area contributed by atoms with E-state index in [2.05, 4.69) is 6.92 Å². The molecule has 33 heavy (non-hydrogen) atoms. The summed E-state index contributed by atoms with van der Waals surface area (Å²) in [6.07, 6.45) is 7.14. The predicted octanol–water partition coefficient (Wildman–Crippen LogP) is -1.10. The van der Waals surface area contributed by atoms with Gasteiger partial charge in [-0.1, -0.05) is 19.4 Å². The molecule has 0 aliphatic heterocycles. The number of fused-ring (bicyclic) bond motifs is 5. The quantitative estimate of drug-likeness (QED) is 0.388. The molecule has 6 atom stereocenters. The Balaban J connectivity index is 0.00000306. The van der Waals surface area contributed by atoms with Gasteiger partial charge in [-0.25, -0.2) is 0 Å². The van der Waals surface area contributed by atoms with Gasteiger partial charge in [0.2, 0.25) is 5.78 Å². The molecule has 3 fully saturated rings. The fraction of sp³-hybridized carbons (Fsp3) is 0.760. The molecule has 0 amide bonds. The zero-order valence-electron chi connectivity index (χ0n) is 20.0. The summed E-state index contributed by atoms with van der Waals surface area (Å²) >= 11 is 0. The number of ether oxygens (including phenoxy) is 1. The molecule has 1 N–H and O–H groups in total. The summed E-state index contributed by atoms with van der Waals surface area (Å²) in [6.45, 7) is 3.77. The van der Waals surface area contributed by atoms with Gasteiger partial charge in [0.15, 0.2) is 12.4 Å². The van der Waals surface area contributed by atoms with Gasteiger partial charge in [-0.05, 0) is 80.6 Å². The second-order valence-corrected chi connectivity index (χ2v) is 10.8. The Kier molecular flexibility index (Phi) is 7.70. The topological polar surface area (TPSA) is 121 Å². The summed E-state index contributed by atoms with van der Waals surface area (Å²) in [4.78, 5) is 47.3. The van der Waals surface area contributed by atoms with Crippen molar-refractivity contribution in [2.24, 2.45) is 28.6 Å². The zero-order valence-corrected chi connectivity index (χ0v) is 22.0. The number of allylic oxidation sites excluding steroid dienone is 1. The first-order chi connectivity index (χ1) is 15.0. The van der Waals surface area contributed by atoms with Gasteiger partial charge in [-0.3, -0.25) is 14.4 Å². The van der Waals surface area contributed by atoms with E-state index < -0.39 is 41.8 Å². The molecule has 0 radical (unpaired) electrons. The third-order valence-corrected chi connectivity index (χ3v) is 9.47. The minimum Gasteiger partial charge on any atom is -0.550 e. The van der Waals surface area contributed by atoms with Crippen LogP contribution < -0.4 is 34.7 Å². The van der Waals surface area contributed by atoms with Gasteiger partial charge in [-0.15, -0.1) is 0 Å². The van der Waals surface area contributed by atoms with Crippen LogP contribution in [0.3, 0.4) is 0 Å². The molecule has 176 valence electrons. The SMILES string of the molecule is C[C@]12CCC(=O)C=C1CC[C@@H]1[C@@H]2CC[C@@]2(C)[C@H]1CC[C@]2(O)C(=O)COC(=O)CCC(=O)[O-].[Na+]. The Morgan fingerprint density at radius 3 is 2.45 bits per heavy atom. The van der Waals surface area contributed by atoms with Crippen LogP contribution in [-0.2, 0) is 23.9 Å². The normalized spacial score (nSPS) is 39.3. The van der Waals surface area contributed by atoms with Crippen LogP contribution in [0, 0.1) is 28.6 Å². The van der Waals surface area contributed by atoms with Crippen molar-refractivity contribution in [3.8, 4) is 0 Å². The van der Waals surface area contributed by atoms with Crippen LogP contribution in [-0.4, -0.2) is 40.8 Å². The fourth-order valence-corrected chi connectivity index (χ4v) is 7.58. The number of carboxylic acid groups (broad SMARTS) is 1. The monoisotopic (exact) mass is 468 g/mol. The van der Waals surface area contributed by atoms with E-state index >= 15 is 0 Å². The summed E-state index contributed by atoms with van der Waals surface area (Å²) < 4.78 is 4.98. The Morgan fingerprint density at radius 1 is 1.06 bits per heavy atom. The minimum absolute atomic E-state index is 0. The van der Waals surface area contributed by atoms with Crippen molar-refractivity contribution in [2.45, 2.75) is 83.7 Å². The van der Waals surface area contributed by atoms with Crippen molar-refractivity contribution in [3.05, 3.63) is 11.6 Å². The third kappa shape index (κ3) is 4.39. The zero-order chi connectivity index (χ0) is 23.3. The average molecular weight is 469 g/mol. The maximum absolute atomic E-state index is 13.1. The van der Waals surface area contributed by atoms with Crippen LogP contribution in [0.5, 0.6) is 0 Å². The van der Waals surface area contributed by atoms with Gasteiger partial charge >= 0.3 is 35.5 Å². The molecule has 0 unspecified atom stereocenters. The molecular weight excluding hydrogens is 435 g/mol. The summed E-state index contributed by atoms with van der Waals surface area (Å²) in [5.41, 5.74) is -0.815. The molecular formula is C25H33NaO7. The molecule has 0 saturated heterocycles. The largest absolute Gasteiger partial charge is 1.00 e. The van der Waals surface area contributed by atoms with E-state index in [-0.39, 0.29) is 53.1 Å². The number of esters is 1. The van der Waals surface area contributed by atoms with E-state index in [0.717, 1.165) is 38.5 Å². The summed E-state index contributed by atoms with van der Waals surface area (Å²) in [5, 5.41) is 22.1. The number of carbonyl (C=O) groups is 4. The molecule has 0 heterocycles. The maximum atomic E-state index is 13.1. The van der Waals surface area contributed by atoms with Crippen molar-refractivity contribution >= 4 is 23.5 Å². The second kappa shape index (κ2) is 9.56. The average Bonchev–Trinajstić information content (AvgIpc) is 3.03. The summed E-state index contributed by atoms with van der Waals surface area (Å²) in [5.74, 6) is -1.33. The van der Waals surface area contributed by atoms with E-state index in [9.17, 15) is 29.4 Å². The number of hydrogen-bond donors (Lipinski definition) is 1. The molecule has 4 rings (SSSR count). The number of hydrogen-bond acceptors (Lipinski definition) is 7. The van der Waals surface area contributed by atoms with Crippen LogP contribution in [0.1, 0.15) is 78.1 Å². The molecule has 0 bridgehead atoms. The first kappa shape index (κ1) is 26.6. The van der Waals surface area contributed by atoms with Gasteiger partial charge in [0, 0.05) is 17.8 Å². The van der Waals surface area contributed by atoms with Gasteiger partial charge in [-0.2, -0.15) is 0 Å². The van der Waals surface area contributed by atoms with Gasteiger partial charge < -0.3 is 19.7 Å². The van der Waals surface area contributed by atoms with Crippen molar-refractivity contribution in [3.63, 3.8) is 0 Å². The van der Waals surface area contributed by atoms with Gasteiger partial charge in [0.05, 0.1) is 6.42 Å². The Labute approximate surface area is 217 Å². The van der Waals surface area contributed by atoms with Crippen LogP contribution in [0.2, 0.25) is 0 Å². The first-order valence-corrected chi connectivity index (χ1v) is 11.9. The van der Waals surface area contributed by atoms with Crippen molar-refractivity contribution in [1.29, 1.82) is 0 Å². The maximum Gasteiger partial charge on any atom is 1.00 e. The van der Waals surface area contributed by atoms with E-state index in [4.69, 9.17) is 4.74 Å². The molecule has 0 spiro atoms. The summed E-state index contributed by atoms with van der Waals surface area (Å²) in [7, 11) is 0. The number of aliphatic carboxylic acids is 1. The molecule has 7 nitrogen and oxygen atoms in total. The Morgan fingerprint density at radius 2 is 1.76 bits per heavy atom. The molecule has 3 saturated carbocycles. The standard InChI is InChI=1S/C25H34O7.Na/c1-23-10-7-16(26)13-15(23)3-4-17-18(23)8-11-24(2)19(17)9-12-25(24,31)20(27)14-32-22(30)6-5-21(28)29;/h13,17-19,31H,3-12,14H2,1-2H3,(H,28,29);/q;+1/p-1/t17-,18+,19+,23+,24+,25+;/m1./s1. The smallest absolute Gasteiger partial charge is 0.550 e. The number of carbonyl (C=O) groups excluding carboxylic acids is 4. The van der Waals surface area contributed by atoms with Crippen LogP contribution in [0.25, 0.3) is 0 Å². The van der Waals surface area contributed by atoms with E-state index in [0.29, 0.717) is 24.7 Å². The minimum atomic E-state index is -1.54. The predicted molar refractivity (Wildman–Crippen MR) is 112 cm³/mol. The number of carboxylic acids is 1. The molecule has 0 aromatic rings. The van der Waals surface area contributed by atoms with E-state index in [1.54, 1.807) is 0 Å². The van der Waals surface area contributed by atoms with Crippen molar-refractivity contribution in [2.75, 3.05) is 6.61 Å². The van der Waals surface area contributed by atoms with E-state index in [1.165, 1.54) is 5.57 Å².